The van der Waals surface area contributed by atoms with Gasteiger partial charge in [-0.05, 0) is 25.2 Å². The van der Waals surface area contributed by atoms with Gasteiger partial charge in [-0.1, -0.05) is 29.9 Å². The number of aryl methyl sites for hydroxylation is 1. The standard InChI is InChI=1S/C19H21ClN6OS/c1-3-16-22-15(20)11-17(23-16)24-19-21-13-5-4-12(10-14(13)28-19)18(27)26-8-6-25(2)7-9-26/h4-5,10-11H,3,6-9H2,1-2H3,(H,21,22,23,24). The van der Waals surface area contributed by atoms with Gasteiger partial charge in [-0.2, -0.15) is 0 Å². The minimum atomic E-state index is 0.0769. The van der Waals surface area contributed by atoms with Crippen LogP contribution >= 0.6 is 22.9 Å². The molecule has 0 aliphatic carbocycles. The molecule has 146 valence electrons. The maximum absolute atomic E-state index is 12.8. The number of rotatable bonds is 4. The van der Waals surface area contributed by atoms with E-state index < -0.39 is 0 Å². The Bertz CT molecular complexity index is 1010. The van der Waals surface area contributed by atoms with Crippen LogP contribution in [0.1, 0.15) is 23.1 Å². The van der Waals surface area contributed by atoms with Gasteiger partial charge in [-0.25, -0.2) is 15.0 Å². The number of hydrogen-bond donors (Lipinski definition) is 1. The molecule has 3 heterocycles. The summed E-state index contributed by atoms with van der Waals surface area (Å²) in [7, 11) is 2.08. The average molecular weight is 417 g/mol. The van der Waals surface area contributed by atoms with Crippen LogP contribution in [0.3, 0.4) is 0 Å². The zero-order valence-electron chi connectivity index (χ0n) is 15.8. The van der Waals surface area contributed by atoms with Gasteiger partial charge in [0.05, 0.1) is 10.2 Å². The summed E-state index contributed by atoms with van der Waals surface area (Å²) in [5, 5.41) is 4.30. The highest BCUT2D eigenvalue weighted by Gasteiger charge is 2.21. The van der Waals surface area contributed by atoms with Gasteiger partial charge in [0.2, 0.25) is 0 Å². The third-order valence-corrected chi connectivity index (χ3v) is 5.85. The van der Waals surface area contributed by atoms with Gasteiger partial charge in [0, 0.05) is 44.2 Å². The first kappa shape index (κ1) is 19.0. The van der Waals surface area contributed by atoms with Crippen LogP contribution in [0, 0.1) is 0 Å². The van der Waals surface area contributed by atoms with Gasteiger partial charge < -0.3 is 15.1 Å². The monoisotopic (exact) mass is 416 g/mol. The van der Waals surface area contributed by atoms with E-state index in [-0.39, 0.29) is 5.91 Å². The molecule has 0 saturated carbocycles. The molecular formula is C19H21ClN6OS. The van der Waals surface area contributed by atoms with Crippen molar-refractivity contribution in [3.05, 3.63) is 40.8 Å². The number of amides is 1. The largest absolute Gasteiger partial charge is 0.336 e. The SMILES string of the molecule is CCc1nc(Cl)cc(Nc2nc3ccc(C(=O)N4CCN(C)CC4)cc3s2)n1. The topological polar surface area (TPSA) is 74.2 Å². The van der Waals surface area contributed by atoms with E-state index >= 15 is 0 Å². The lowest BCUT2D eigenvalue weighted by Crippen LogP contribution is -2.47. The van der Waals surface area contributed by atoms with Crippen molar-refractivity contribution in [2.45, 2.75) is 13.3 Å². The highest BCUT2D eigenvalue weighted by atomic mass is 35.5. The van der Waals surface area contributed by atoms with Gasteiger partial charge in [0.25, 0.3) is 5.91 Å². The van der Waals surface area contributed by atoms with E-state index in [1.165, 1.54) is 11.3 Å². The summed E-state index contributed by atoms with van der Waals surface area (Å²) < 4.78 is 0.957. The van der Waals surface area contributed by atoms with Gasteiger partial charge >= 0.3 is 0 Å². The summed E-state index contributed by atoms with van der Waals surface area (Å²) in [5.41, 5.74) is 1.55. The number of fused-ring (bicyclic) bond motifs is 1. The second-order valence-corrected chi connectivity index (χ2v) is 8.19. The molecule has 0 atom stereocenters. The zero-order chi connectivity index (χ0) is 19.7. The Balaban J connectivity index is 1.55. The molecule has 0 radical (unpaired) electrons. The fourth-order valence-electron chi connectivity index (χ4n) is 3.10. The first-order valence-electron chi connectivity index (χ1n) is 9.20. The number of benzene rings is 1. The first-order valence-corrected chi connectivity index (χ1v) is 10.4. The Kier molecular flexibility index (Phi) is 5.43. The van der Waals surface area contributed by atoms with Crippen molar-refractivity contribution in [1.82, 2.24) is 24.8 Å². The molecule has 4 rings (SSSR count). The molecular weight excluding hydrogens is 396 g/mol. The van der Waals surface area contributed by atoms with Gasteiger partial charge in [-0.15, -0.1) is 0 Å². The van der Waals surface area contributed by atoms with Gasteiger partial charge in [-0.3, -0.25) is 4.79 Å². The molecule has 1 amide bonds. The van der Waals surface area contributed by atoms with E-state index in [0.717, 1.165) is 36.4 Å². The molecule has 1 aliphatic heterocycles. The number of piperazine rings is 1. The average Bonchev–Trinajstić information content (AvgIpc) is 3.08. The number of nitrogens with zero attached hydrogens (tertiary/aromatic N) is 5. The van der Waals surface area contributed by atoms with Crippen LogP contribution in [0.4, 0.5) is 10.9 Å². The van der Waals surface area contributed by atoms with Crippen molar-refractivity contribution in [2.24, 2.45) is 0 Å². The first-order chi connectivity index (χ1) is 13.5. The van der Waals surface area contributed by atoms with Gasteiger partial charge in [0.1, 0.15) is 16.8 Å². The van der Waals surface area contributed by atoms with E-state index in [2.05, 4.69) is 32.2 Å². The van der Waals surface area contributed by atoms with Crippen LogP contribution in [0.15, 0.2) is 24.3 Å². The van der Waals surface area contributed by atoms with Crippen molar-refractivity contribution in [3.8, 4) is 0 Å². The fraction of sp³-hybridized carbons (Fsp3) is 0.368. The number of hydrogen-bond acceptors (Lipinski definition) is 7. The quantitative estimate of drug-likeness (QED) is 0.657. The number of thiazole rings is 1. The fourth-order valence-corrected chi connectivity index (χ4v) is 4.21. The molecule has 1 aliphatic rings. The third-order valence-electron chi connectivity index (χ3n) is 4.72. The normalized spacial score (nSPS) is 15.2. The second kappa shape index (κ2) is 7.98. The molecule has 1 aromatic carbocycles. The summed E-state index contributed by atoms with van der Waals surface area (Å²) in [6.07, 6.45) is 0.701. The lowest BCUT2D eigenvalue weighted by Gasteiger charge is -2.32. The van der Waals surface area contributed by atoms with E-state index in [4.69, 9.17) is 11.6 Å². The highest BCUT2D eigenvalue weighted by Crippen LogP contribution is 2.29. The smallest absolute Gasteiger partial charge is 0.253 e. The lowest BCUT2D eigenvalue weighted by molar-refractivity contribution is 0.0664. The molecule has 3 aromatic rings. The third kappa shape index (κ3) is 4.09. The van der Waals surface area contributed by atoms with E-state index in [1.807, 2.05) is 30.0 Å². The van der Waals surface area contributed by atoms with Crippen LogP contribution in [0.5, 0.6) is 0 Å². The molecule has 1 N–H and O–H groups in total. The number of anilines is 2. The van der Waals surface area contributed by atoms with Gasteiger partial charge in [0.15, 0.2) is 5.13 Å². The predicted molar refractivity (Wildman–Crippen MR) is 113 cm³/mol. The Hall–Kier alpha value is -2.29. The van der Waals surface area contributed by atoms with Crippen LogP contribution in [-0.2, 0) is 6.42 Å². The number of halogens is 1. The van der Waals surface area contributed by atoms with Crippen molar-refractivity contribution in [2.75, 3.05) is 38.5 Å². The summed E-state index contributed by atoms with van der Waals surface area (Å²) >= 11 is 7.54. The number of carbonyl (C=O) groups excluding carboxylic acids is 1. The Morgan fingerprint density at radius 2 is 1.96 bits per heavy atom. The molecule has 0 unspecified atom stereocenters. The van der Waals surface area contributed by atoms with Crippen LogP contribution < -0.4 is 5.32 Å². The number of nitrogens with one attached hydrogen (secondary N) is 1. The lowest BCUT2D eigenvalue weighted by atomic mass is 10.1. The molecule has 1 saturated heterocycles. The molecule has 1 fully saturated rings. The maximum atomic E-state index is 12.8. The van der Waals surface area contributed by atoms with Crippen molar-refractivity contribution in [1.29, 1.82) is 0 Å². The van der Waals surface area contributed by atoms with Crippen LogP contribution in [0.2, 0.25) is 5.15 Å². The Morgan fingerprint density at radius 1 is 1.18 bits per heavy atom. The molecule has 7 nitrogen and oxygen atoms in total. The van der Waals surface area contributed by atoms with E-state index in [0.29, 0.717) is 33.9 Å². The number of likely N-dealkylation sites (N-methyl/N-ethyl adjacent to an activating group) is 1. The zero-order valence-corrected chi connectivity index (χ0v) is 17.3. The number of aromatic nitrogens is 3. The minimum Gasteiger partial charge on any atom is -0.336 e. The number of carbonyl (C=O) groups is 1. The maximum Gasteiger partial charge on any atom is 0.253 e. The molecule has 2 aromatic heterocycles. The molecule has 0 bridgehead atoms. The summed E-state index contributed by atoms with van der Waals surface area (Å²) in [4.78, 5) is 30.1. The molecule has 9 heteroatoms. The van der Waals surface area contributed by atoms with Crippen LogP contribution in [-0.4, -0.2) is 63.9 Å². The van der Waals surface area contributed by atoms with Crippen molar-refractivity contribution in [3.63, 3.8) is 0 Å². The molecule has 0 spiro atoms. The predicted octanol–water partition coefficient (Wildman–Crippen LogP) is 3.43. The second-order valence-electron chi connectivity index (χ2n) is 6.77. The van der Waals surface area contributed by atoms with E-state index in [1.54, 1.807) is 6.07 Å². The minimum absolute atomic E-state index is 0.0769. The van der Waals surface area contributed by atoms with Crippen molar-refractivity contribution < 1.29 is 4.79 Å². The van der Waals surface area contributed by atoms with E-state index in [9.17, 15) is 4.79 Å². The molecule has 28 heavy (non-hydrogen) atoms. The van der Waals surface area contributed by atoms with Crippen LogP contribution in [0.25, 0.3) is 10.2 Å². The highest BCUT2D eigenvalue weighted by molar-refractivity contribution is 7.22. The van der Waals surface area contributed by atoms with Crippen molar-refractivity contribution >= 4 is 50.0 Å². The summed E-state index contributed by atoms with van der Waals surface area (Å²) in [6.45, 7) is 5.31. The summed E-state index contributed by atoms with van der Waals surface area (Å²) in [6, 6.07) is 7.34. The Morgan fingerprint density at radius 3 is 2.71 bits per heavy atom. The summed E-state index contributed by atoms with van der Waals surface area (Å²) in [5.74, 6) is 1.37. The Labute approximate surface area is 172 Å².